The van der Waals surface area contributed by atoms with Crippen LogP contribution in [0.3, 0.4) is 0 Å². The summed E-state index contributed by atoms with van der Waals surface area (Å²) in [5, 5.41) is 8.94. The molecule has 0 aliphatic heterocycles. The van der Waals surface area contributed by atoms with E-state index in [0.29, 0.717) is 18.4 Å². The van der Waals surface area contributed by atoms with Crippen LogP contribution in [0.5, 0.6) is 0 Å². The fraction of sp³-hybridized carbons (Fsp3) is 0.438. The first kappa shape index (κ1) is 16.7. The molecule has 0 N–H and O–H groups in total. The topological polar surface area (TPSA) is 76.4 Å². The zero-order valence-electron chi connectivity index (χ0n) is 12.3. The number of nitrogens with zero attached hydrogens (tertiary/aromatic N) is 1. The lowest BCUT2D eigenvalue weighted by atomic mass is 10.00. The molecule has 0 aromatic heterocycles. The van der Waals surface area contributed by atoms with Crippen LogP contribution in [0.15, 0.2) is 24.3 Å². The highest BCUT2D eigenvalue weighted by Crippen LogP contribution is 2.13. The van der Waals surface area contributed by atoms with Crippen LogP contribution in [0.1, 0.15) is 35.7 Å². The molecule has 0 amide bonds. The molecule has 1 aromatic carbocycles. The first-order chi connectivity index (χ1) is 10.1. The fourth-order valence-electron chi connectivity index (χ4n) is 1.91. The van der Waals surface area contributed by atoms with Crippen molar-refractivity contribution in [2.75, 3.05) is 13.7 Å². The van der Waals surface area contributed by atoms with Gasteiger partial charge in [0.15, 0.2) is 0 Å². The zero-order chi connectivity index (χ0) is 15.7. The monoisotopic (exact) mass is 289 g/mol. The lowest BCUT2D eigenvalue weighted by Crippen LogP contribution is -2.16. The summed E-state index contributed by atoms with van der Waals surface area (Å²) < 4.78 is 9.47. The summed E-state index contributed by atoms with van der Waals surface area (Å²) in [4.78, 5) is 22.8. The minimum Gasteiger partial charge on any atom is -0.465 e. The number of methoxy groups -OCH3 is 1. The SMILES string of the molecule is CCOC(=O)C(C#N)CCCc1ccc(C(=O)OC)cc1. The second kappa shape index (κ2) is 8.75. The van der Waals surface area contributed by atoms with Gasteiger partial charge in [0.2, 0.25) is 0 Å². The summed E-state index contributed by atoms with van der Waals surface area (Å²) in [6.07, 6.45) is 1.90. The maximum Gasteiger partial charge on any atom is 0.337 e. The molecular weight excluding hydrogens is 270 g/mol. The molecule has 112 valence electrons. The van der Waals surface area contributed by atoms with Crippen molar-refractivity contribution in [2.24, 2.45) is 5.92 Å². The van der Waals surface area contributed by atoms with Crippen molar-refractivity contribution in [3.8, 4) is 6.07 Å². The molecule has 0 bridgehead atoms. The summed E-state index contributed by atoms with van der Waals surface area (Å²) in [5.41, 5.74) is 1.55. The van der Waals surface area contributed by atoms with Crippen LogP contribution in [-0.2, 0) is 20.7 Å². The van der Waals surface area contributed by atoms with E-state index in [4.69, 9.17) is 10.00 Å². The Morgan fingerprint density at radius 3 is 2.48 bits per heavy atom. The van der Waals surface area contributed by atoms with Gasteiger partial charge in [-0.3, -0.25) is 4.79 Å². The molecule has 21 heavy (non-hydrogen) atoms. The van der Waals surface area contributed by atoms with Gasteiger partial charge >= 0.3 is 11.9 Å². The molecule has 0 spiro atoms. The molecule has 0 saturated carbocycles. The highest BCUT2D eigenvalue weighted by atomic mass is 16.5. The zero-order valence-corrected chi connectivity index (χ0v) is 12.3. The maximum absolute atomic E-state index is 11.5. The average Bonchev–Trinajstić information content (AvgIpc) is 2.51. The molecule has 0 heterocycles. The third-order valence-corrected chi connectivity index (χ3v) is 3.06. The van der Waals surface area contributed by atoms with Crippen LogP contribution in [0.2, 0.25) is 0 Å². The molecule has 0 radical (unpaired) electrons. The second-order valence-corrected chi connectivity index (χ2v) is 4.51. The van der Waals surface area contributed by atoms with Gasteiger partial charge < -0.3 is 9.47 Å². The summed E-state index contributed by atoms with van der Waals surface area (Å²) in [7, 11) is 1.34. The smallest absolute Gasteiger partial charge is 0.337 e. The number of hydrogen-bond donors (Lipinski definition) is 0. The Bertz CT molecular complexity index is 516. The molecule has 1 rings (SSSR count). The van der Waals surface area contributed by atoms with Gasteiger partial charge in [-0.25, -0.2) is 4.79 Å². The Balaban J connectivity index is 2.47. The number of nitriles is 1. The standard InChI is InChI=1S/C16H19NO4/c1-3-21-16(19)14(11-17)6-4-5-12-7-9-13(10-8-12)15(18)20-2/h7-10,14H,3-6H2,1-2H3. The number of ether oxygens (including phenoxy) is 2. The predicted molar refractivity (Wildman–Crippen MR) is 76.5 cm³/mol. The molecule has 0 aliphatic carbocycles. The lowest BCUT2D eigenvalue weighted by molar-refractivity contribution is -0.146. The molecular formula is C16H19NO4. The first-order valence-electron chi connectivity index (χ1n) is 6.85. The van der Waals surface area contributed by atoms with Crippen molar-refractivity contribution in [1.29, 1.82) is 5.26 Å². The molecule has 0 fully saturated rings. The average molecular weight is 289 g/mol. The van der Waals surface area contributed by atoms with Crippen molar-refractivity contribution in [1.82, 2.24) is 0 Å². The number of rotatable bonds is 7. The Kier molecular flexibility index (Phi) is 6.96. The highest BCUT2D eigenvalue weighted by molar-refractivity contribution is 5.89. The van der Waals surface area contributed by atoms with Crippen molar-refractivity contribution in [2.45, 2.75) is 26.2 Å². The number of benzene rings is 1. The van der Waals surface area contributed by atoms with Crippen molar-refractivity contribution in [3.05, 3.63) is 35.4 Å². The minimum absolute atomic E-state index is 0.284. The first-order valence-corrected chi connectivity index (χ1v) is 6.85. The predicted octanol–water partition coefficient (Wildman–Crippen LogP) is 2.50. The number of carbonyl (C=O) groups is 2. The third-order valence-electron chi connectivity index (χ3n) is 3.06. The summed E-state index contributed by atoms with van der Waals surface area (Å²) in [5.74, 6) is -1.53. The molecule has 0 saturated heterocycles. The number of aryl methyl sites for hydroxylation is 1. The largest absolute Gasteiger partial charge is 0.465 e. The van der Waals surface area contributed by atoms with Gasteiger partial charge in [0.05, 0.1) is 25.3 Å². The highest BCUT2D eigenvalue weighted by Gasteiger charge is 2.18. The van der Waals surface area contributed by atoms with Gasteiger partial charge in [-0.15, -0.1) is 0 Å². The van der Waals surface area contributed by atoms with E-state index < -0.39 is 11.9 Å². The van der Waals surface area contributed by atoms with Gasteiger partial charge in [-0.05, 0) is 43.9 Å². The number of esters is 2. The van der Waals surface area contributed by atoms with Crippen molar-refractivity contribution < 1.29 is 19.1 Å². The quantitative estimate of drug-likeness (QED) is 0.721. The molecule has 0 aliphatic rings. The molecule has 1 aromatic rings. The van der Waals surface area contributed by atoms with Gasteiger partial charge in [-0.2, -0.15) is 5.26 Å². The fourth-order valence-corrected chi connectivity index (χ4v) is 1.91. The van der Waals surface area contributed by atoms with Gasteiger partial charge in [0, 0.05) is 0 Å². The Morgan fingerprint density at radius 1 is 1.29 bits per heavy atom. The van der Waals surface area contributed by atoms with Crippen LogP contribution < -0.4 is 0 Å². The van der Waals surface area contributed by atoms with E-state index in [1.54, 1.807) is 19.1 Å². The molecule has 5 heteroatoms. The summed E-state index contributed by atoms with van der Waals surface area (Å²) in [6.45, 7) is 2.00. The van der Waals surface area contributed by atoms with E-state index >= 15 is 0 Å². The Morgan fingerprint density at radius 2 is 1.95 bits per heavy atom. The second-order valence-electron chi connectivity index (χ2n) is 4.51. The van der Waals surface area contributed by atoms with E-state index in [0.717, 1.165) is 12.0 Å². The van der Waals surface area contributed by atoms with Gasteiger partial charge in [0.1, 0.15) is 5.92 Å². The lowest BCUT2D eigenvalue weighted by Gasteiger charge is -2.08. The van der Waals surface area contributed by atoms with E-state index in [-0.39, 0.29) is 12.6 Å². The maximum atomic E-state index is 11.5. The number of carbonyl (C=O) groups excluding carboxylic acids is 2. The van der Waals surface area contributed by atoms with Crippen LogP contribution in [-0.4, -0.2) is 25.7 Å². The van der Waals surface area contributed by atoms with E-state index in [1.807, 2.05) is 18.2 Å². The normalized spacial score (nSPS) is 11.3. The van der Waals surface area contributed by atoms with Crippen LogP contribution in [0.25, 0.3) is 0 Å². The van der Waals surface area contributed by atoms with Crippen LogP contribution in [0, 0.1) is 17.2 Å². The molecule has 1 atom stereocenters. The molecule has 5 nitrogen and oxygen atoms in total. The molecule has 1 unspecified atom stereocenters. The number of hydrogen-bond acceptors (Lipinski definition) is 5. The van der Waals surface area contributed by atoms with Crippen LogP contribution >= 0.6 is 0 Å². The van der Waals surface area contributed by atoms with Gasteiger partial charge in [0.25, 0.3) is 0 Å². The third kappa shape index (κ3) is 5.27. The van der Waals surface area contributed by atoms with Crippen molar-refractivity contribution >= 4 is 11.9 Å². The minimum atomic E-state index is -0.709. The van der Waals surface area contributed by atoms with E-state index in [1.165, 1.54) is 7.11 Å². The summed E-state index contributed by atoms with van der Waals surface area (Å²) >= 11 is 0. The Labute approximate surface area is 124 Å². The summed E-state index contributed by atoms with van der Waals surface area (Å²) in [6, 6.07) is 9.06. The Hall–Kier alpha value is -2.35. The van der Waals surface area contributed by atoms with Gasteiger partial charge in [-0.1, -0.05) is 12.1 Å². The van der Waals surface area contributed by atoms with Crippen LogP contribution in [0.4, 0.5) is 0 Å². The van der Waals surface area contributed by atoms with E-state index in [2.05, 4.69) is 4.74 Å². The van der Waals surface area contributed by atoms with E-state index in [9.17, 15) is 9.59 Å². The van der Waals surface area contributed by atoms with Crippen molar-refractivity contribution in [3.63, 3.8) is 0 Å².